The van der Waals surface area contributed by atoms with Gasteiger partial charge >= 0.3 is 0 Å². The molecule has 1 N–H and O–H groups in total. The Labute approximate surface area is 213 Å². The molecule has 1 amide bonds. The van der Waals surface area contributed by atoms with E-state index in [9.17, 15) is 14.7 Å². The first kappa shape index (κ1) is 27.1. The van der Waals surface area contributed by atoms with E-state index in [0.29, 0.717) is 48.1 Å². The molecule has 8 nitrogen and oxygen atoms in total. The predicted octanol–water partition coefficient (Wildman–Crippen LogP) is 4.26. The molecular weight excluding hydrogens is 460 g/mol. The van der Waals surface area contributed by atoms with Crippen LogP contribution >= 0.6 is 0 Å². The molecule has 0 aromatic heterocycles. The summed E-state index contributed by atoms with van der Waals surface area (Å²) in [6.07, 6.45) is 0.846. The first-order chi connectivity index (χ1) is 17.4. The van der Waals surface area contributed by atoms with Gasteiger partial charge in [-0.2, -0.15) is 0 Å². The molecule has 2 aromatic carbocycles. The van der Waals surface area contributed by atoms with Crippen LogP contribution in [0.3, 0.4) is 0 Å². The molecule has 8 heteroatoms. The Morgan fingerprint density at radius 1 is 0.972 bits per heavy atom. The lowest BCUT2D eigenvalue weighted by Crippen LogP contribution is -2.38. The molecule has 1 heterocycles. The van der Waals surface area contributed by atoms with Crippen molar-refractivity contribution in [2.45, 2.75) is 33.2 Å². The molecule has 0 bridgehead atoms. The monoisotopic (exact) mass is 496 g/mol. The number of Topliss-reactive ketones (excluding diaryl/α,β-unsaturated/α-hetero) is 1. The zero-order chi connectivity index (χ0) is 26.2. The van der Waals surface area contributed by atoms with Gasteiger partial charge in [0.05, 0.1) is 32.4 Å². The third kappa shape index (κ3) is 5.65. The van der Waals surface area contributed by atoms with Crippen molar-refractivity contribution in [3.8, 4) is 17.2 Å². The molecule has 0 saturated carbocycles. The van der Waals surface area contributed by atoms with Crippen molar-refractivity contribution in [1.29, 1.82) is 0 Å². The minimum Gasteiger partial charge on any atom is -0.507 e. The SMILES string of the molecule is CCCOc1ccc([C@H]2/C(=C(\O)c3ccc(OC)cc3)C(=O)C(=O)N2CCN(CC)CC)cc1OC. The summed E-state index contributed by atoms with van der Waals surface area (Å²) in [5.41, 5.74) is 1.14. The Morgan fingerprint density at radius 2 is 1.67 bits per heavy atom. The van der Waals surface area contributed by atoms with Crippen LogP contribution in [0.15, 0.2) is 48.0 Å². The third-order valence-electron chi connectivity index (χ3n) is 6.42. The highest BCUT2D eigenvalue weighted by Crippen LogP contribution is 2.42. The Hall–Kier alpha value is -3.52. The van der Waals surface area contributed by atoms with E-state index in [1.54, 1.807) is 50.6 Å². The maximum absolute atomic E-state index is 13.3. The van der Waals surface area contributed by atoms with Gasteiger partial charge in [0, 0.05) is 18.7 Å². The summed E-state index contributed by atoms with van der Waals surface area (Å²) in [7, 11) is 3.10. The lowest BCUT2D eigenvalue weighted by molar-refractivity contribution is -0.140. The average molecular weight is 497 g/mol. The van der Waals surface area contributed by atoms with Crippen LogP contribution in [0.1, 0.15) is 44.4 Å². The van der Waals surface area contributed by atoms with Crippen LogP contribution in [0, 0.1) is 0 Å². The second-order valence-electron chi connectivity index (χ2n) is 8.51. The zero-order valence-electron chi connectivity index (χ0n) is 21.7. The van der Waals surface area contributed by atoms with Crippen LogP contribution in [-0.2, 0) is 9.59 Å². The van der Waals surface area contributed by atoms with Crippen LogP contribution in [0.5, 0.6) is 17.2 Å². The number of likely N-dealkylation sites (N-methyl/N-ethyl adjacent to an activating group) is 1. The van der Waals surface area contributed by atoms with Gasteiger partial charge in [-0.25, -0.2) is 0 Å². The van der Waals surface area contributed by atoms with E-state index in [1.807, 2.05) is 13.0 Å². The van der Waals surface area contributed by atoms with Crippen LogP contribution in [0.25, 0.3) is 5.76 Å². The molecule has 0 spiro atoms. The Morgan fingerprint density at radius 3 is 2.25 bits per heavy atom. The summed E-state index contributed by atoms with van der Waals surface area (Å²) in [5, 5.41) is 11.3. The van der Waals surface area contributed by atoms with Crippen molar-refractivity contribution < 1.29 is 28.9 Å². The number of likely N-dealkylation sites (tertiary alicyclic amines) is 1. The predicted molar refractivity (Wildman–Crippen MR) is 139 cm³/mol. The third-order valence-corrected chi connectivity index (χ3v) is 6.42. The van der Waals surface area contributed by atoms with E-state index in [4.69, 9.17) is 14.2 Å². The van der Waals surface area contributed by atoms with E-state index >= 15 is 0 Å². The Bertz CT molecular complexity index is 1090. The summed E-state index contributed by atoms with van der Waals surface area (Å²) >= 11 is 0. The van der Waals surface area contributed by atoms with Gasteiger partial charge in [-0.15, -0.1) is 0 Å². The molecule has 1 aliphatic rings. The molecule has 36 heavy (non-hydrogen) atoms. The van der Waals surface area contributed by atoms with Gasteiger partial charge in [-0.1, -0.05) is 26.8 Å². The topological polar surface area (TPSA) is 88.5 Å². The first-order valence-electron chi connectivity index (χ1n) is 12.4. The van der Waals surface area contributed by atoms with Gasteiger partial charge < -0.3 is 29.1 Å². The van der Waals surface area contributed by atoms with E-state index in [0.717, 1.165) is 19.5 Å². The number of carbonyl (C=O) groups excluding carboxylic acids is 2. The van der Waals surface area contributed by atoms with Gasteiger partial charge in [0.1, 0.15) is 11.5 Å². The summed E-state index contributed by atoms with van der Waals surface area (Å²) < 4.78 is 16.5. The number of nitrogens with zero attached hydrogens (tertiary/aromatic N) is 2. The smallest absolute Gasteiger partial charge is 0.295 e. The normalized spacial score (nSPS) is 17.1. The summed E-state index contributed by atoms with van der Waals surface area (Å²) in [5.74, 6) is 0.135. The van der Waals surface area contributed by atoms with Gasteiger partial charge in [-0.3, -0.25) is 9.59 Å². The van der Waals surface area contributed by atoms with Gasteiger partial charge in [0.2, 0.25) is 0 Å². The highest BCUT2D eigenvalue weighted by Gasteiger charge is 2.46. The minimum atomic E-state index is -0.767. The standard InChI is InChI=1S/C28H36N2O6/c1-6-17-36-22-14-11-20(18-23(22)35-5)25-24(26(31)19-9-12-21(34-4)13-10-19)27(32)28(33)30(25)16-15-29(7-2)8-3/h9-14,18,25,31H,6-8,15-17H2,1-5H3/b26-24+/t25-/m0/s1. The lowest BCUT2D eigenvalue weighted by atomic mass is 9.95. The summed E-state index contributed by atoms with van der Waals surface area (Å²) in [4.78, 5) is 30.2. The number of aliphatic hydroxyl groups is 1. The molecule has 1 atom stereocenters. The Balaban J connectivity index is 2.12. The molecule has 0 unspecified atom stereocenters. The van der Waals surface area contributed by atoms with Crippen molar-refractivity contribution in [3.63, 3.8) is 0 Å². The highest BCUT2D eigenvalue weighted by atomic mass is 16.5. The van der Waals surface area contributed by atoms with Gasteiger partial charge in [0.25, 0.3) is 11.7 Å². The van der Waals surface area contributed by atoms with Crippen molar-refractivity contribution in [3.05, 3.63) is 59.2 Å². The molecule has 3 rings (SSSR count). The maximum atomic E-state index is 13.3. The number of amides is 1. The number of ether oxygens (including phenoxy) is 3. The van der Waals surface area contributed by atoms with Gasteiger partial charge in [0.15, 0.2) is 11.5 Å². The second kappa shape index (κ2) is 12.4. The molecule has 194 valence electrons. The Kier molecular flexibility index (Phi) is 9.36. The largest absolute Gasteiger partial charge is 0.507 e. The van der Waals surface area contributed by atoms with E-state index < -0.39 is 17.7 Å². The first-order valence-corrected chi connectivity index (χ1v) is 12.4. The number of carbonyl (C=O) groups is 2. The second-order valence-corrected chi connectivity index (χ2v) is 8.51. The number of aliphatic hydroxyl groups excluding tert-OH is 1. The van der Waals surface area contributed by atoms with Crippen LogP contribution in [-0.4, -0.2) is 73.6 Å². The maximum Gasteiger partial charge on any atom is 0.295 e. The van der Waals surface area contributed by atoms with Crippen LogP contribution < -0.4 is 14.2 Å². The molecular formula is C28H36N2O6. The summed E-state index contributed by atoms with van der Waals surface area (Å²) in [6.45, 7) is 9.26. The molecule has 1 aliphatic heterocycles. The zero-order valence-corrected chi connectivity index (χ0v) is 21.7. The fraction of sp³-hybridized carbons (Fsp3) is 0.429. The van der Waals surface area contributed by atoms with Crippen LogP contribution in [0.2, 0.25) is 0 Å². The van der Waals surface area contributed by atoms with E-state index in [1.165, 1.54) is 4.90 Å². The number of ketones is 1. The van der Waals surface area contributed by atoms with Crippen molar-refractivity contribution in [2.24, 2.45) is 0 Å². The average Bonchev–Trinajstić information content (AvgIpc) is 3.17. The fourth-order valence-corrected chi connectivity index (χ4v) is 4.34. The number of hydrogen-bond acceptors (Lipinski definition) is 7. The highest BCUT2D eigenvalue weighted by molar-refractivity contribution is 6.46. The molecule has 1 fully saturated rings. The summed E-state index contributed by atoms with van der Waals surface area (Å²) in [6, 6.07) is 11.3. The quantitative estimate of drug-likeness (QED) is 0.267. The number of methoxy groups -OCH3 is 2. The molecule has 0 aliphatic carbocycles. The minimum absolute atomic E-state index is 0.0500. The lowest BCUT2D eigenvalue weighted by Gasteiger charge is -2.28. The van der Waals surface area contributed by atoms with Crippen molar-refractivity contribution in [1.82, 2.24) is 9.80 Å². The van der Waals surface area contributed by atoms with E-state index in [2.05, 4.69) is 18.7 Å². The molecule has 2 aromatic rings. The van der Waals surface area contributed by atoms with Gasteiger partial charge in [-0.05, 0) is 61.5 Å². The number of benzene rings is 2. The van der Waals surface area contributed by atoms with Crippen molar-refractivity contribution >= 4 is 17.4 Å². The van der Waals surface area contributed by atoms with Crippen LogP contribution in [0.4, 0.5) is 0 Å². The fourth-order valence-electron chi connectivity index (χ4n) is 4.34. The molecule has 0 radical (unpaired) electrons. The van der Waals surface area contributed by atoms with Crippen molar-refractivity contribution in [2.75, 3.05) is 47.0 Å². The molecule has 1 saturated heterocycles. The number of hydrogen-bond donors (Lipinski definition) is 1. The number of rotatable bonds is 12. The van der Waals surface area contributed by atoms with E-state index in [-0.39, 0.29) is 11.3 Å².